The normalized spacial score (nSPS) is 9.71. The lowest BCUT2D eigenvalue weighted by Crippen LogP contribution is -2.12. The van der Waals surface area contributed by atoms with Crippen molar-refractivity contribution >= 4 is 27.5 Å². The maximum absolute atomic E-state index is 11.6. The number of nitrogens with zero attached hydrogens (tertiary/aromatic N) is 1. The summed E-state index contributed by atoms with van der Waals surface area (Å²) < 4.78 is 0.832. The molecule has 0 saturated heterocycles. The summed E-state index contributed by atoms with van der Waals surface area (Å²) in [5, 5.41) is 11.7. The summed E-state index contributed by atoms with van der Waals surface area (Å²) in [6.07, 6.45) is 3.55. The Morgan fingerprint density at radius 2 is 2.24 bits per heavy atom. The second-order valence-corrected chi connectivity index (χ2v) is 4.72. The molecule has 1 aromatic rings. The van der Waals surface area contributed by atoms with E-state index < -0.39 is 0 Å². The quantitative estimate of drug-likeness (QED) is 0.839. The van der Waals surface area contributed by atoms with Crippen molar-refractivity contribution in [2.45, 2.75) is 32.6 Å². The van der Waals surface area contributed by atoms with E-state index in [2.05, 4.69) is 34.2 Å². The molecular weight excluding hydrogens is 280 g/mol. The van der Waals surface area contributed by atoms with Gasteiger partial charge >= 0.3 is 0 Å². The molecule has 0 aliphatic heterocycles. The largest absolute Gasteiger partial charge is 0.325 e. The minimum atomic E-state index is -0.0303. The smallest absolute Gasteiger partial charge is 0.224 e. The van der Waals surface area contributed by atoms with Gasteiger partial charge in [-0.05, 0) is 24.6 Å². The second kappa shape index (κ2) is 7.08. The first-order chi connectivity index (χ1) is 8.17. The molecule has 0 spiro atoms. The van der Waals surface area contributed by atoms with Crippen LogP contribution in [0.5, 0.6) is 0 Å². The maximum atomic E-state index is 11.6. The highest BCUT2D eigenvalue weighted by Gasteiger charge is 2.06. The second-order valence-electron chi connectivity index (χ2n) is 3.81. The number of carbonyl (C=O) groups is 1. The summed E-state index contributed by atoms with van der Waals surface area (Å²) in [6, 6.07) is 7.30. The number of rotatable bonds is 5. The lowest BCUT2D eigenvalue weighted by molar-refractivity contribution is -0.116. The number of unbranched alkanes of at least 4 members (excludes halogenated alkanes) is 2. The first-order valence-corrected chi connectivity index (χ1v) is 6.46. The molecule has 90 valence electrons. The molecule has 0 bridgehead atoms. The average molecular weight is 295 g/mol. The van der Waals surface area contributed by atoms with Gasteiger partial charge in [0, 0.05) is 10.9 Å². The molecule has 1 rings (SSSR count). The highest BCUT2D eigenvalue weighted by atomic mass is 79.9. The molecule has 0 aromatic heterocycles. The zero-order valence-corrected chi connectivity index (χ0v) is 11.4. The van der Waals surface area contributed by atoms with Crippen LogP contribution in [0.3, 0.4) is 0 Å². The summed E-state index contributed by atoms with van der Waals surface area (Å²) in [5.74, 6) is -0.0303. The van der Waals surface area contributed by atoms with Crippen molar-refractivity contribution in [3.63, 3.8) is 0 Å². The summed E-state index contributed by atoms with van der Waals surface area (Å²) in [6.45, 7) is 2.10. The molecule has 1 amide bonds. The predicted octanol–water partition coefficient (Wildman–Crippen LogP) is 3.84. The molecular formula is C13H15BrN2O. The fourth-order valence-corrected chi connectivity index (χ4v) is 1.83. The van der Waals surface area contributed by atoms with E-state index in [-0.39, 0.29) is 5.91 Å². The number of hydrogen-bond acceptors (Lipinski definition) is 2. The third-order valence-electron chi connectivity index (χ3n) is 2.38. The van der Waals surface area contributed by atoms with Crippen LogP contribution in [0.1, 0.15) is 38.2 Å². The monoisotopic (exact) mass is 294 g/mol. The molecule has 0 aliphatic rings. The molecule has 0 atom stereocenters. The van der Waals surface area contributed by atoms with Crippen molar-refractivity contribution in [3.05, 3.63) is 28.2 Å². The van der Waals surface area contributed by atoms with Crippen molar-refractivity contribution in [2.24, 2.45) is 0 Å². The number of anilines is 1. The highest BCUT2D eigenvalue weighted by Crippen LogP contribution is 2.20. The van der Waals surface area contributed by atoms with E-state index in [1.807, 2.05) is 6.07 Å². The topological polar surface area (TPSA) is 52.9 Å². The fourth-order valence-electron chi connectivity index (χ4n) is 1.47. The number of nitrogens with one attached hydrogen (secondary N) is 1. The Balaban J connectivity index is 2.62. The van der Waals surface area contributed by atoms with E-state index >= 15 is 0 Å². The van der Waals surface area contributed by atoms with Gasteiger partial charge in [0.15, 0.2) is 0 Å². The van der Waals surface area contributed by atoms with Crippen molar-refractivity contribution < 1.29 is 4.79 Å². The number of benzene rings is 1. The van der Waals surface area contributed by atoms with E-state index in [0.717, 1.165) is 23.7 Å². The van der Waals surface area contributed by atoms with E-state index in [1.165, 1.54) is 0 Å². The van der Waals surface area contributed by atoms with Gasteiger partial charge in [-0.25, -0.2) is 0 Å². The molecule has 1 aromatic carbocycles. The van der Waals surface area contributed by atoms with Crippen LogP contribution in [0.25, 0.3) is 0 Å². The van der Waals surface area contributed by atoms with Gasteiger partial charge in [0.05, 0.1) is 11.3 Å². The Morgan fingerprint density at radius 1 is 1.47 bits per heavy atom. The SMILES string of the molecule is CCCCCC(=O)Nc1ccc(Br)cc1C#N. The average Bonchev–Trinajstić information content (AvgIpc) is 2.32. The van der Waals surface area contributed by atoms with Crippen molar-refractivity contribution in [3.8, 4) is 6.07 Å². The number of carbonyl (C=O) groups excluding carboxylic acids is 1. The Morgan fingerprint density at radius 3 is 2.88 bits per heavy atom. The molecule has 0 aliphatic carbocycles. The van der Waals surface area contributed by atoms with E-state index in [1.54, 1.807) is 12.1 Å². The van der Waals surface area contributed by atoms with Crippen molar-refractivity contribution in [2.75, 3.05) is 5.32 Å². The lowest BCUT2D eigenvalue weighted by atomic mass is 10.1. The van der Waals surface area contributed by atoms with E-state index in [9.17, 15) is 4.79 Å². The van der Waals surface area contributed by atoms with Crippen LogP contribution in [-0.2, 0) is 4.79 Å². The van der Waals surface area contributed by atoms with Crippen LogP contribution < -0.4 is 5.32 Å². The molecule has 0 fully saturated rings. The number of hydrogen-bond donors (Lipinski definition) is 1. The molecule has 17 heavy (non-hydrogen) atoms. The van der Waals surface area contributed by atoms with Crippen molar-refractivity contribution in [1.29, 1.82) is 5.26 Å². The molecule has 0 unspecified atom stereocenters. The van der Waals surface area contributed by atoms with Crippen LogP contribution in [-0.4, -0.2) is 5.91 Å². The predicted molar refractivity (Wildman–Crippen MR) is 71.6 cm³/mol. The maximum Gasteiger partial charge on any atom is 0.224 e. The number of halogens is 1. The summed E-state index contributed by atoms with van der Waals surface area (Å²) >= 11 is 3.29. The minimum Gasteiger partial charge on any atom is -0.325 e. The molecule has 4 heteroatoms. The van der Waals surface area contributed by atoms with E-state index in [0.29, 0.717) is 17.7 Å². The molecule has 1 N–H and O–H groups in total. The summed E-state index contributed by atoms with van der Waals surface area (Å²) in [5.41, 5.74) is 1.06. The van der Waals surface area contributed by atoms with Gasteiger partial charge in [-0.2, -0.15) is 5.26 Å². The summed E-state index contributed by atoms with van der Waals surface area (Å²) in [4.78, 5) is 11.6. The fraction of sp³-hybridized carbons (Fsp3) is 0.385. The zero-order valence-electron chi connectivity index (χ0n) is 9.79. The Hall–Kier alpha value is -1.34. The van der Waals surface area contributed by atoms with Gasteiger partial charge in [0.25, 0.3) is 0 Å². The lowest BCUT2D eigenvalue weighted by Gasteiger charge is -2.07. The van der Waals surface area contributed by atoms with E-state index in [4.69, 9.17) is 5.26 Å². The van der Waals surface area contributed by atoms with Gasteiger partial charge < -0.3 is 5.32 Å². The minimum absolute atomic E-state index is 0.0303. The number of amides is 1. The Labute approximate surface area is 110 Å². The standard InChI is InChI=1S/C13H15BrN2O/c1-2-3-4-5-13(17)16-12-7-6-11(14)8-10(12)9-15/h6-8H,2-5H2,1H3,(H,16,17). The van der Waals surface area contributed by atoms with Crippen LogP contribution in [0.15, 0.2) is 22.7 Å². The third-order valence-corrected chi connectivity index (χ3v) is 2.88. The highest BCUT2D eigenvalue weighted by molar-refractivity contribution is 9.10. The summed E-state index contributed by atoms with van der Waals surface area (Å²) in [7, 11) is 0. The van der Waals surface area contributed by atoms with Gasteiger partial charge in [-0.15, -0.1) is 0 Å². The van der Waals surface area contributed by atoms with Gasteiger partial charge in [-0.3, -0.25) is 4.79 Å². The first kappa shape index (κ1) is 13.7. The van der Waals surface area contributed by atoms with Crippen LogP contribution in [0.4, 0.5) is 5.69 Å². The van der Waals surface area contributed by atoms with Crippen LogP contribution in [0, 0.1) is 11.3 Å². The number of nitriles is 1. The first-order valence-electron chi connectivity index (χ1n) is 5.67. The van der Waals surface area contributed by atoms with Crippen LogP contribution >= 0.6 is 15.9 Å². The molecule has 0 radical (unpaired) electrons. The molecule has 0 heterocycles. The molecule has 0 saturated carbocycles. The zero-order chi connectivity index (χ0) is 12.7. The van der Waals surface area contributed by atoms with Crippen LogP contribution in [0.2, 0.25) is 0 Å². The van der Waals surface area contributed by atoms with Gasteiger partial charge in [0.2, 0.25) is 5.91 Å². The van der Waals surface area contributed by atoms with Gasteiger partial charge in [-0.1, -0.05) is 35.7 Å². The van der Waals surface area contributed by atoms with Gasteiger partial charge in [0.1, 0.15) is 6.07 Å². The Kier molecular flexibility index (Phi) is 5.71. The molecule has 3 nitrogen and oxygen atoms in total. The third kappa shape index (κ3) is 4.58. The Bertz CT molecular complexity index is 438. The van der Waals surface area contributed by atoms with Crippen molar-refractivity contribution in [1.82, 2.24) is 0 Å².